The molecule has 2 heterocycles. The zero-order chi connectivity index (χ0) is 29.5. The third-order valence-corrected chi connectivity index (χ3v) is 5.85. The molecular formula is C28H45F2N5O3. The average Bonchev–Trinajstić information content (AvgIpc) is 3.59. The summed E-state index contributed by atoms with van der Waals surface area (Å²) < 4.78 is 30.5. The lowest BCUT2D eigenvalue weighted by Crippen LogP contribution is -2.04. The number of nitrogens with zero attached hydrogens (tertiary/aromatic N) is 3. The summed E-state index contributed by atoms with van der Waals surface area (Å²) in [5.41, 5.74) is 2.97. The molecule has 4 N–H and O–H groups in total. The predicted octanol–water partition coefficient (Wildman–Crippen LogP) is 6.05. The lowest BCUT2D eigenvalue weighted by atomic mass is 10.1. The Labute approximate surface area is 225 Å². The first-order chi connectivity index (χ1) is 18.1. The van der Waals surface area contributed by atoms with Crippen LogP contribution in [0.1, 0.15) is 64.6 Å². The molecule has 0 aliphatic heterocycles. The quantitative estimate of drug-likeness (QED) is 0.303. The number of halogens is 2. The van der Waals surface area contributed by atoms with Gasteiger partial charge >= 0.3 is 0 Å². The van der Waals surface area contributed by atoms with Gasteiger partial charge in [-0.25, -0.2) is 13.8 Å². The number of aryl methyl sites for hydroxylation is 3. The van der Waals surface area contributed by atoms with Gasteiger partial charge in [-0.1, -0.05) is 33.8 Å². The highest BCUT2D eigenvalue weighted by atomic mass is 19.1. The van der Waals surface area contributed by atoms with Crippen molar-refractivity contribution < 1.29 is 23.8 Å². The highest BCUT2D eigenvalue weighted by molar-refractivity contribution is 5.88. The number of hydrogen-bond acceptors (Lipinski definition) is 7. The summed E-state index contributed by atoms with van der Waals surface area (Å²) >= 11 is 0. The minimum absolute atomic E-state index is 0.0702. The normalized spacial score (nSPS) is 12.3. The van der Waals surface area contributed by atoms with Crippen molar-refractivity contribution in [2.24, 2.45) is 12.5 Å². The van der Waals surface area contributed by atoms with Gasteiger partial charge in [0, 0.05) is 27.3 Å². The van der Waals surface area contributed by atoms with Gasteiger partial charge in [-0.2, -0.15) is 5.10 Å². The van der Waals surface area contributed by atoms with Gasteiger partial charge in [0.05, 0.1) is 11.4 Å². The van der Waals surface area contributed by atoms with E-state index in [-0.39, 0.29) is 16.9 Å². The number of aliphatic hydroxyl groups excluding tert-OH is 2. The van der Waals surface area contributed by atoms with Crippen molar-refractivity contribution in [3.8, 4) is 0 Å². The Hall–Kier alpha value is -3.11. The number of carbonyl (C=O) groups excluding carboxylic acids is 1. The average molecular weight is 538 g/mol. The number of aromatic nitrogens is 3. The fourth-order valence-electron chi connectivity index (χ4n) is 3.15. The molecule has 0 atom stereocenters. The van der Waals surface area contributed by atoms with E-state index in [1.807, 2.05) is 34.5 Å². The summed E-state index contributed by atoms with van der Waals surface area (Å²) in [6, 6.07) is 4.70. The van der Waals surface area contributed by atoms with Gasteiger partial charge < -0.3 is 25.6 Å². The standard InChI is InChI=1S/C16H17F2N5.C6H12O.C3H8O.C2H6.CH2O/c1-8-5-6-11(10(17)7-8)20-15-12(18)14-13(21-16(15)19-3)9(2)23(4)22-14;1-6(2-3-6)4-5-7;1-2-3-4;2*1-2/h5-7,20H,1-4H3,(H,19,21);7H,2-5H2,1H3;4H,2-3H2,1H3;1-2H3;1H2. The molecule has 1 fully saturated rings. The Morgan fingerprint density at radius 2 is 1.68 bits per heavy atom. The molecule has 214 valence electrons. The van der Waals surface area contributed by atoms with E-state index < -0.39 is 11.6 Å². The number of nitrogens with one attached hydrogen (secondary N) is 2. The molecule has 0 saturated heterocycles. The Bertz CT molecular complexity index is 1120. The number of fused-ring (bicyclic) bond motifs is 1. The van der Waals surface area contributed by atoms with Crippen molar-refractivity contribution in [3.05, 3.63) is 41.1 Å². The molecule has 0 spiro atoms. The van der Waals surface area contributed by atoms with Gasteiger partial charge in [0.25, 0.3) is 0 Å². The SMILES string of the molecule is C=O.CC.CC1(CCO)CC1.CCCO.CNc1nc2c(C)n(C)nc2c(F)c1Nc1ccc(C)cc1F. The summed E-state index contributed by atoms with van der Waals surface area (Å²) in [5.74, 6) is -0.724. The van der Waals surface area contributed by atoms with Crippen LogP contribution in [0.3, 0.4) is 0 Å². The molecule has 38 heavy (non-hydrogen) atoms. The molecule has 4 rings (SSSR count). The van der Waals surface area contributed by atoms with Crippen LogP contribution in [0.25, 0.3) is 11.0 Å². The van der Waals surface area contributed by atoms with Gasteiger partial charge in [-0.05, 0) is 62.6 Å². The van der Waals surface area contributed by atoms with Crippen LogP contribution >= 0.6 is 0 Å². The number of benzene rings is 1. The fraction of sp³-hybridized carbons (Fsp3) is 0.536. The van der Waals surface area contributed by atoms with Crippen LogP contribution in [0.5, 0.6) is 0 Å². The second-order valence-corrected chi connectivity index (χ2v) is 8.92. The maximum atomic E-state index is 14.9. The van der Waals surface area contributed by atoms with E-state index in [9.17, 15) is 8.78 Å². The number of pyridine rings is 1. The van der Waals surface area contributed by atoms with Gasteiger partial charge in [-0.3, -0.25) is 4.68 Å². The molecule has 0 unspecified atom stereocenters. The summed E-state index contributed by atoms with van der Waals surface area (Å²) in [5, 5.41) is 26.1. The van der Waals surface area contributed by atoms with E-state index in [2.05, 4.69) is 27.6 Å². The first-order valence-electron chi connectivity index (χ1n) is 12.8. The summed E-state index contributed by atoms with van der Waals surface area (Å²) in [4.78, 5) is 12.4. The lowest BCUT2D eigenvalue weighted by molar-refractivity contribution is -0.0980. The van der Waals surface area contributed by atoms with Crippen LogP contribution in [0.15, 0.2) is 18.2 Å². The minimum Gasteiger partial charge on any atom is -0.396 e. The van der Waals surface area contributed by atoms with Crippen LogP contribution in [0, 0.1) is 30.9 Å². The lowest BCUT2D eigenvalue weighted by Gasteiger charge is -2.13. The van der Waals surface area contributed by atoms with Crippen molar-refractivity contribution in [1.29, 1.82) is 0 Å². The maximum Gasteiger partial charge on any atom is 0.180 e. The predicted molar refractivity (Wildman–Crippen MR) is 152 cm³/mol. The first-order valence-corrected chi connectivity index (χ1v) is 12.8. The second kappa shape index (κ2) is 17.4. The second-order valence-electron chi connectivity index (χ2n) is 8.92. The molecule has 1 aromatic carbocycles. The van der Waals surface area contributed by atoms with E-state index in [4.69, 9.17) is 15.0 Å². The van der Waals surface area contributed by atoms with Crippen LogP contribution < -0.4 is 10.6 Å². The maximum absolute atomic E-state index is 14.9. The molecule has 2 aromatic heterocycles. The zero-order valence-corrected chi connectivity index (χ0v) is 24.1. The molecule has 0 amide bonds. The number of carbonyl (C=O) groups is 1. The third kappa shape index (κ3) is 9.98. The Balaban J connectivity index is 0.000000753. The molecule has 1 aliphatic carbocycles. The summed E-state index contributed by atoms with van der Waals surface area (Å²) in [7, 11) is 3.36. The largest absolute Gasteiger partial charge is 0.396 e. The van der Waals surface area contributed by atoms with E-state index in [0.29, 0.717) is 30.0 Å². The Morgan fingerprint density at radius 1 is 1.11 bits per heavy atom. The van der Waals surface area contributed by atoms with Crippen LogP contribution in [0.2, 0.25) is 0 Å². The van der Waals surface area contributed by atoms with Gasteiger partial charge in [0.15, 0.2) is 11.6 Å². The molecule has 8 nitrogen and oxygen atoms in total. The van der Waals surface area contributed by atoms with Crippen molar-refractivity contribution in [1.82, 2.24) is 14.8 Å². The van der Waals surface area contributed by atoms with Crippen molar-refractivity contribution in [2.75, 3.05) is 30.9 Å². The van der Waals surface area contributed by atoms with Crippen molar-refractivity contribution >= 4 is 35.0 Å². The Kier molecular flexibility index (Phi) is 16.0. The molecule has 3 aromatic rings. The number of hydrogen-bond donors (Lipinski definition) is 4. The van der Waals surface area contributed by atoms with Crippen molar-refractivity contribution in [3.63, 3.8) is 0 Å². The van der Waals surface area contributed by atoms with Gasteiger partial charge in [0.1, 0.15) is 29.3 Å². The number of rotatable bonds is 6. The van der Waals surface area contributed by atoms with E-state index in [0.717, 1.165) is 24.1 Å². The van der Waals surface area contributed by atoms with Crippen molar-refractivity contribution in [2.45, 2.75) is 67.2 Å². The Morgan fingerprint density at radius 3 is 2.11 bits per heavy atom. The minimum atomic E-state index is -0.567. The molecule has 1 saturated carbocycles. The van der Waals surface area contributed by atoms with E-state index in [1.165, 1.54) is 18.9 Å². The first kappa shape index (κ1) is 34.9. The zero-order valence-electron chi connectivity index (χ0n) is 24.1. The van der Waals surface area contributed by atoms with Crippen LogP contribution in [-0.2, 0) is 11.8 Å². The van der Waals surface area contributed by atoms with E-state index in [1.54, 1.807) is 37.8 Å². The van der Waals surface area contributed by atoms with Crippen LogP contribution in [-0.4, -0.2) is 52.0 Å². The van der Waals surface area contributed by atoms with E-state index >= 15 is 0 Å². The van der Waals surface area contributed by atoms with Gasteiger partial charge in [0.2, 0.25) is 0 Å². The highest BCUT2D eigenvalue weighted by Gasteiger charge is 2.35. The summed E-state index contributed by atoms with van der Waals surface area (Å²) in [6.45, 7) is 14.4. The number of anilines is 3. The molecule has 0 radical (unpaired) electrons. The smallest absolute Gasteiger partial charge is 0.180 e. The fourth-order valence-corrected chi connectivity index (χ4v) is 3.15. The molecule has 0 bridgehead atoms. The number of aliphatic hydroxyl groups is 2. The van der Waals surface area contributed by atoms with Gasteiger partial charge in [-0.15, -0.1) is 0 Å². The molecule has 10 heteroatoms. The summed E-state index contributed by atoms with van der Waals surface area (Å²) in [6.07, 6.45) is 4.54. The monoisotopic (exact) mass is 537 g/mol. The molecule has 1 aliphatic rings. The highest BCUT2D eigenvalue weighted by Crippen LogP contribution is 2.47. The van der Waals surface area contributed by atoms with Crippen LogP contribution in [0.4, 0.5) is 26.0 Å². The third-order valence-electron chi connectivity index (χ3n) is 5.85. The topological polar surface area (TPSA) is 112 Å². The molecular weight excluding hydrogens is 492 g/mol.